The summed E-state index contributed by atoms with van der Waals surface area (Å²) in [5.41, 5.74) is 0.295. The van der Waals surface area contributed by atoms with E-state index in [9.17, 15) is 14.4 Å². The van der Waals surface area contributed by atoms with Crippen molar-refractivity contribution in [2.75, 3.05) is 19.8 Å². The number of H-pyrrole nitrogens is 2. The smallest absolute Gasteiger partial charge is 0.325 e. The standard InChI is InChI=1S/C17H19N3O4/c21-15(18-8-11-3-2-6-24-10-11)13-5-1-4-12(7-13)14-9-19-17(23)20-16(14)22/h1,4-5,7,9,11H,2-3,6,8,10H2,(H,18,21)(H2,19,20,22,23). The minimum atomic E-state index is -0.563. The second kappa shape index (κ2) is 7.27. The van der Waals surface area contributed by atoms with Crippen molar-refractivity contribution in [2.24, 2.45) is 5.92 Å². The first-order valence-corrected chi connectivity index (χ1v) is 7.92. The van der Waals surface area contributed by atoms with Crippen LogP contribution in [-0.4, -0.2) is 35.6 Å². The molecule has 0 bridgehead atoms. The zero-order chi connectivity index (χ0) is 16.9. The molecule has 2 aromatic rings. The second-order valence-corrected chi connectivity index (χ2v) is 5.86. The maximum absolute atomic E-state index is 12.3. The highest BCUT2D eigenvalue weighted by Crippen LogP contribution is 2.16. The number of aromatic amines is 2. The van der Waals surface area contributed by atoms with Gasteiger partial charge in [0.1, 0.15) is 0 Å². The minimum Gasteiger partial charge on any atom is -0.381 e. The van der Waals surface area contributed by atoms with Gasteiger partial charge in [-0.3, -0.25) is 14.6 Å². The molecule has 1 saturated heterocycles. The first-order chi connectivity index (χ1) is 11.6. The molecule has 0 saturated carbocycles. The Morgan fingerprint density at radius 1 is 1.33 bits per heavy atom. The minimum absolute atomic E-state index is 0.191. The SMILES string of the molecule is O=C(NCC1CCCOC1)c1cccc(-c2c[nH]c(=O)[nH]c2=O)c1. The van der Waals surface area contributed by atoms with Gasteiger partial charge >= 0.3 is 5.69 Å². The van der Waals surface area contributed by atoms with Gasteiger partial charge in [0.25, 0.3) is 11.5 Å². The zero-order valence-electron chi connectivity index (χ0n) is 13.1. The second-order valence-electron chi connectivity index (χ2n) is 5.86. The quantitative estimate of drug-likeness (QED) is 0.775. The summed E-state index contributed by atoms with van der Waals surface area (Å²) in [5, 5.41) is 2.91. The van der Waals surface area contributed by atoms with Crippen molar-refractivity contribution in [1.29, 1.82) is 0 Å². The van der Waals surface area contributed by atoms with Crippen LogP contribution in [0.25, 0.3) is 11.1 Å². The predicted molar refractivity (Wildman–Crippen MR) is 89.0 cm³/mol. The molecule has 1 aromatic heterocycles. The Hall–Kier alpha value is -2.67. The Morgan fingerprint density at radius 3 is 2.96 bits per heavy atom. The summed E-state index contributed by atoms with van der Waals surface area (Å²) in [6, 6.07) is 6.75. The van der Waals surface area contributed by atoms with Crippen molar-refractivity contribution < 1.29 is 9.53 Å². The van der Waals surface area contributed by atoms with Crippen molar-refractivity contribution >= 4 is 5.91 Å². The zero-order valence-corrected chi connectivity index (χ0v) is 13.1. The van der Waals surface area contributed by atoms with Gasteiger partial charge in [0.05, 0.1) is 12.2 Å². The third-order valence-electron chi connectivity index (χ3n) is 4.06. The fourth-order valence-corrected chi connectivity index (χ4v) is 2.76. The van der Waals surface area contributed by atoms with Crippen molar-refractivity contribution in [1.82, 2.24) is 15.3 Å². The molecule has 0 radical (unpaired) electrons. The van der Waals surface area contributed by atoms with E-state index >= 15 is 0 Å². The Morgan fingerprint density at radius 2 is 2.21 bits per heavy atom. The van der Waals surface area contributed by atoms with Crippen molar-refractivity contribution in [3.05, 3.63) is 56.9 Å². The highest BCUT2D eigenvalue weighted by molar-refractivity contribution is 5.95. The van der Waals surface area contributed by atoms with E-state index in [4.69, 9.17) is 4.74 Å². The van der Waals surface area contributed by atoms with Gasteiger partial charge in [0.2, 0.25) is 0 Å². The molecule has 2 heterocycles. The van der Waals surface area contributed by atoms with Crippen molar-refractivity contribution in [3.8, 4) is 11.1 Å². The number of benzene rings is 1. The average Bonchev–Trinajstić information content (AvgIpc) is 2.60. The fraction of sp³-hybridized carbons (Fsp3) is 0.353. The lowest BCUT2D eigenvalue weighted by Crippen LogP contribution is -2.33. The summed E-state index contributed by atoms with van der Waals surface area (Å²) in [6.07, 6.45) is 3.41. The number of ether oxygens (including phenoxy) is 1. The van der Waals surface area contributed by atoms with E-state index in [0.717, 1.165) is 19.4 Å². The molecule has 1 aliphatic rings. The lowest BCUT2D eigenvalue weighted by molar-refractivity contribution is 0.0536. The summed E-state index contributed by atoms with van der Waals surface area (Å²) in [5.74, 6) is 0.149. The summed E-state index contributed by atoms with van der Waals surface area (Å²) >= 11 is 0. The number of hydrogen-bond donors (Lipinski definition) is 3. The Balaban J connectivity index is 1.73. The summed E-state index contributed by atoms with van der Waals surface area (Å²) < 4.78 is 5.40. The molecule has 1 amide bonds. The normalized spacial score (nSPS) is 17.4. The Bertz CT molecular complexity index is 834. The number of aromatic nitrogens is 2. The average molecular weight is 329 g/mol. The van der Waals surface area contributed by atoms with E-state index in [-0.39, 0.29) is 5.91 Å². The molecule has 1 unspecified atom stereocenters. The largest absolute Gasteiger partial charge is 0.381 e. The lowest BCUT2D eigenvalue weighted by atomic mass is 10.0. The monoisotopic (exact) mass is 329 g/mol. The number of hydrogen-bond acceptors (Lipinski definition) is 4. The molecule has 24 heavy (non-hydrogen) atoms. The molecule has 1 fully saturated rings. The summed E-state index contributed by atoms with van der Waals surface area (Å²) in [7, 11) is 0. The van der Waals surface area contributed by atoms with Crippen LogP contribution in [0.3, 0.4) is 0 Å². The first kappa shape index (κ1) is 16.2. The van der Waals surface area contributed by atoms with Crippen LogP contribution in [0.2, 0.25) is 0 Å². The molecule has 0 spiro atoms. The van der Waals surface area contributed by atoms with Gasteiger partial charge < -0.3 is 15.0 Å². The van der Waals surface area contributed by atoms with E-state index in [1.807, 2.05) is 0 Å². The van der Waals surface area contributed by atoms with Gasteiger partial charge in [-0.1, -0.05) is 12.1 Å². The van der Waals surface area contributed by atoms with Gasteiger partial charge in [-0.2, -0.15) is 0 Å². The van der Waals surface area contributed by atoms with Crippen LogP contribution in [0, 0.1) is 5.92 Å². The Labute approximate surface area is 138 Å². The topological polar surface area (TPSA) is 104 Å². The predicted octanol–water partition coefficient (Wildman–Crippen LogP) is 0.887. The van der Waals surface area contributed by atoms with Gasteiger partial charge in [0, 0.05) is 24.9 Å². The molecule has 7 nitrogen and oxygen atoms in total. The third kappa shape index (κ3) is 3.80. The van der Waals surface area contributed by atoms with E-state index in [2.05, 4.69) is 15.3 Å². The molecule has 0 aliphatic carbocycles. The van der Waals surface area contributed by atoms with Crippen LogP contribution < -0.4 is 16.6 Å². The van der Waals surface area contributed by atoms with Gasteiger partial charge in [0.15, 0.2) is 0 Å². The highest BCUT2D eigenvalue weighted by atomic mass is 16.5. The van der Waals surface area contributed by atoms with E-state index in [1.165, 1.54) is 6.20 Å². The van der Waals surface area contributed by atoms with Gasteiger partial charge in [-0.25, -0.2) is 4.79 Å². The maximum Gasteiger partial charge on any atom is 0.325 e. The summed E-state index contributed by atoms with van der Waals surface area (Å²) in [4.78, 5) is 39.9. The van der Waals surface area contributed by atoms with Crippen molar-refractivity contribution in [2.45, 2.75) is 12.8 Å². The lowest BCUT2D eigenvalue weighted by Gasteiger charge is -2.22. The molecule has 7 heteroatoms. The molecular weight excluding hydrogens is 310 g/mol. The summed E-state index contributed by atoms with van der Waals surface area (Å²) in [6.45, 7) is 2.04. The molecule has 1 aliphatic heterocycles. The fourth-order valence-electron chi connectivity index (χ4n) is 2.76. The Kier molecular flexibility index (Phi) is 4.90. The number of nitrogens with one attached hydrogen (secondary N) is 3. The van der Waals surface area contributed by atoms with Gasteiger partial charge in [-0.05, 0) is 36.5 Å². The molecular formula is C17H19N3O4. The maximum atomic E-state index is 12.3. The van der Waals surface area contributed by atoms with Crippen LogP contribution in [0.15, 0.2) is 40.1 Å². The molecule has 126 valence electrons. The van der Waals surface area contributed by atoms with E-state index in [0.29, 0.717) is 35.8 Å². The van der Waals surface area contributed by atoms with Crippen LogP contribution in [-0.2, 0) is 4.74 Å². The van der Waals surface area contributed by atoms with Gasteiger partial charge in [-0.15, -0.1) is 0 Å². The first-order valence-electron chi connectivity index (χ1n) is 7.92. The van der Waals surface area contributed by atoms with Crippen LogP contribution in [0.1, 0.15) is 23.2 Å². The van der Waals surface area contributed by atoms with Crippen LogP contribution in [0.5, 0.6) is 0 Å². The van der Waals surface area contributed by atoms with E-state index in [1.54, 1.807) is 24.3 Å². The number of amides is 1. The van der Waals surface area contributed by atoms with E-state index < -0.39 is 11.2 Å². The number of carbonyl (C=O) groups excluding carboxylic acids is 1. The molecule has 1 aromatic carbocycles. The van der Waals surface area contributed by atoms with Crippen LogP contribution >= 0.6 is 0 Å². The number of rotatable bonds is 4. The molecule has 1 atom stereocenters. The molecule has 3 rings (SSSR count). The van der Waals surface area contributed by atoms with Crippen molar-refractivity contribution in [3.63, 3.8) is 0 Å². The third-order valence-corrected chi connectivity index (χ3v) is 4.06. The number of carbonyl (C=O) groups is 1. The molecule has 3 N–H and O–H groups in total. The highest BCUT2D eigenvalue weighted by Gasteiger charge is 2.16. The van der Waals surface area contributed by atoms with Crippen LogP contribution in [0.4, 0.5) is 0 Å².